The van der Waals surface area contributed by atoms with E-state index in [2.05, 4.69) is 19.8 Å². The number of anilines is 1. The highest BCUT2D eigenvalue weighted by atomic mass is 32.2. The Balaban J connectivity index is 1.49. The molecule has 9 nitrogen and oxygen atoms in total. The van der Waals surface area contributed by atoms with Crippen LogP contribution in [0.5, 0.6) is 5.75 Å². The molecular formula is C23H24F4N6O3S. The van der Waals surface area contributed by atoms with Crippen LogP contribution in [0.2, 0.25) is 0 Å². The Morgan fingerprint density at radius 2 is 1.95 bits per heavy atom. The Labute approximate surface area is 210 Å². The Morgan fingerprint density at radius 1 is 1.14 bits per heavy atom. The van der Waals surface area contributed by atoms with Crippen LogP contribution in [0, 0.1) is 11.7 Å². The van der Waals surface area contributed by atoms with Gasteiger partial charge in [-0.1, -0.05) is 0 Å². The zero-order valence-electron chi connectivity index (χ0n) is 19.7. The summed E-state index contributed by atoms with van der Waals surface area (Å²) in [6, 6.07) is 4.13. The number of sulfonamides is 1. The monoisotopic (exact) mass is 540 g/mol. The highest BCUT2D eigenvalue weighted by molar-refractivity contribution is 7.92. The van der Waals surface area contributed by atoms with Crippen molar-refractivity contribution in [1.82, 2.24) is 24.6 Å². The number of piperidine rings is 1. The summed E-state index contributed by atoms with van der Waals surface area (Å²) in [6.45, 7) is 0.320. The van der Waals surface area contributed by atoms with Crippen molar-refractivity contribution in [3.63, 3.8) is 0 Å². The average molecular weight is 541 g/mol. The van der Waals surface area contributed by atoms with E-state index < -0.39 is 44.9 Å². The molecule has 37 heavy (non-hydrogen) atoms. The second kappa shape index (κ2) is 9.56. The summed E-state index contributed by atoms with van der Waals surface area (Å²) in [5.41, 5.74) is 1.01. The molecule has 2 aliphatic heterocycles. The maximum Gasteiger partial charge on any atom is 0.391 e. The van der Waals surface area contributed by atoms with E-state index in [9.17, 15) is 21.6 Å². The molecule has 5 rings (SSSR count). The van der Waals surface area contributed by atoms with Gasteiger partial charge in [0, 0.05) is 50.1 Å². The number of ether oxygens (including phenoxy) is 1. The minimum atomic E-state index is -4.34. The Bertz CT molecular complexity index is 1380. The van der Waals surface area contributed by atoms with E-state index in [0.717, 1.165) is 18.5 Å². The fraction of sp³-hybridized carbons (Fsp3) is 0.435. The van der Waals surface area contributed by atoms with Gasteiger partial charge < -0.3 is 4.74 Å². The number of aryl methyl sites for hydroxylation is 1. The van der Waals surface area contributed by atoms with Gasteiger partial charge in [-0.15, -0.1) is 0 Å². The Kier molecular flexibility index (Phi) is 6.56. The zero-order chi connectivity index (χ0) is 26.4. The topological polar surface area (TPSA) is 102 Å². The predicted octanol–water partition coefficient (Wildman–Crippen LogP) is 3.99. The normalized spacial score (nSPS) is 22.8. The molecule has 0 amide bonds. The first kappa shape index (κ1) is 25.4. The lowest BCUT2D eigenvalue weighted by molar-refractivity contribution is -0.192. The molecule has 0 bridgehead atoms. The van der Waals surface area contributed by atoms with Gasteiger partial charge in [-0.25, -0.2) is 22.8 Å². The minimum Gasteiger partial charge on any atom is -0.493 e. The molecule has 1 saturated heterocycles. The van der Waals surface area contributed by atoms with Crippen LogP contribution in [0.15, 0.2) is 47.9 Å². The number of benzene rings is 1. The van der Waals surface area contributed by atoms with Crippen LogP contribution in [0.1, 0.15) is 42.6 Å². The maximum atomic E-state index is 15.3. The van der Waals surface area contributed by atoms with Crippen LogP contribution in [0.3, 0.4) is 0 Å². The van der Waals surface area contributed by atoms with E-state index in [1.807, 2.05) is 4.90 Å². The number of hydrogen-bond donors (Lipinski definition) is 1. The van der Waals surface area contributed by atoms with Crippen molar-refractivity contribution < 1.29 is 30.7 Å². The molecule has 2 aromatic heterocycles. The van der Waals surface area contributed by atoms with E-state index in [4.69, 9.17) is 4.74 Å². The van der Waals surface area contributed by atoms with Crippen molar-refractivity contribution in [2.24, 2.45) is 13.0 Å². The summed E-state index contributed by atoms with van der Waals surface area (Å²) in [4.78, 5) is 8.81. The lowest BCUT2D eigenvalue weighted by atomic mass is 9.85. The molecule has 0 saturated carbocycles. The van der Waals surface area contributed by atoms with Gasteiger partial charge in [0.1, 0.15) is 28.6 Å². The van der Waals surface area contributed by atoms with Crippen molar-refractivity contribution in [3.05, 3.63) is 60.1 Å². The number of fused-ring (bicyclic) bond motifs is 1. The summed E-state index contributed by atoms with van der Waals surface area (Å²) >= 11 is 0. The second-order valence-corrected chi connectivity index (χ2v) is 10.7. The number of aromatic nitrogens is 4. The van der Waals surface area contributed by atoms with Crippen LogP contribution >= 0.6 is 0 Å². The third-order valence-corrected chi connectivity index (χ3v) is 8.26. The first-order valence-corrected chi connectivity index (χ1v) is 13.1. The summed E-state index contributed by atoms with van der Waals surface area (Å²) < 4.78 is 91.4. The van der Waals surface area contributed by atoms with Crippen molar-refractivity contribution in [2.45, 2.75) is 42.4 Å². The Morgan fingerprint density at radius 3 is 2.62 bits per heavy atom. The average Bonchev–Trinajstić information content (AvgIpc) is 3.28. The van der Waals surface area contributed by atoms with E-state index in [1.54, 1.807) is 17.8 Å². The van der Waals surface area contributed by atoms with Gasteiger partial charge in [-0.05, 0) is 31.0 Å². The molecule has 1 aromatic carbocycles. The van der Waals surface area contributed by atoms with Gasteiger partial charge in [0.2, 0.25) is 0 Å². The Hall–Kier alpha value is -3.26. The van der Waals surface area contributed by atoms with Gasteiger partial charge in [0.25, 0.3) is 10.0 Å². The van der Waals surface area contributed by atoms with Crippen LogP contribution < -0.4 is 9.46 Å². The maximum absolute atomic E-state index is 15.3. The molecule has 3 aromatic rings. The van der Waals surface area contributed by atoms with Gasteiger partial charge in [0.05, 0.1) is 24.3 Å². The molecule has 0 spiro atoms. The van der Waals surface area contributed by atoms with Gasteiger partial charge in [0.15, 0.2) is 0 Å². The number of nitrogens with zero attached hydrogens (tertiary/aromatic N) is 5. The molecular weight excluding hydrogens is 516 g/mol. The smallest absolute Gasteiger partial charge is 0.391 e. The second-order valence-electron chi connectivity index (χ2n) is 9.07. The largest absolute Gasteiger partial charge is 0.493 e. The molecule has 2 aliphatic rings. The highest BCUT2D eigenvalue weighted by Gasteiger charge is 2.47. The van der Waals surface area contributed by atoms with Crippen LogP contribution in [0.25, 0.3) is 0 Å². The molecule has 3 atom stereocenters. The number of hydrogen-bond acceptors (Lipinski definition) is 7. The third kappa shape index (κ3) is 4.99. The first-order valence-electron chi connectivity index (χ1n) is 11.6. The fourth-order valence-electron chi connectivity index (χ4n) is 5.12. The van der Waals surface area contributed by atoms with Crippen molar-refractivity contribution in [3.8, 4) is 5.75 Å². The molecule has 198 valence electrons. The SMILES string of the molecule is Cn1nccc1[C@H]1C[C@@H](C(F)(F)F)CCN1[C@H]1CCOc2cc(S(=O)(=O)Nc3ccncn3)c(F)cc21. The molecule has 1 N–H and O–H groups in total. The number of alkyl halides is 3. The van der Waals surface area contributed by atoms with Gasteiger partial charge >= 0.3 is 6.18 Å². The van der Waals surface area contributed by atoms with Crippen LogP contribution in [-0.2, 0) is 17.1 Å². The molecule has 0 unspecified atom stereocenters. The van der Waals surface area contributed by atoms with Gasteiger partial charge in [-0.3, -0.25) is 14.3 Å². The number of rotatable bonds is 5. The first-order chi connectivity index (χ1) is 17.5. The number of likely N-dealkylation sites (tertiary alicyclic amines) is 1. The molecule has 4 heterocycles. The predicted molar refractivity (Wildman–Crippen MR) is 124 cm³/mol. The van der Waals surface area contributed by atoms with Crippen LogP contribution in [0.4, 0.5) is 23.4 Å². The minimum absolute atomic E-state index is 0.0301. The molecule has 1 fully saturated rings. The molecule has 0 radical (unpaired) electrons. The van der Waals surface area contributed by atoms with Crippen molar-refractivity contribution >= 4 is 15.8 Å². The third-order valence-electron chi connectivity index (χ3n) is 6.89. The van der Waals surface area contributed by atoms with Crippen LogP contribution in [-0.4, -0.2) is 52.4 Å². The van der Waals surface area contributed by atoms with Gasteiger partial charge in [-0.2, -0.15) is 18.3 Å². The lowest BCUT2D eigenvalue weighted by Gasteiger charge is -2.45. The summed E-state index contributed by atoms with van der Waals surface area (Å²) in [5.74, 6) is -2.34. The van der Waals surface area contributed by atoms with E-state index in [0.29, 0.717) is 17.7 Å². The number of nitrogens with one attached hydrogen (secondary N) is 1. The van der Waals surface area contributed by atoms with E-state index in [-0.39, 0.29) is 37.6 Å². The molecule has 14 heteroatoms. The molecule has 0 aliphatic carbocycles. The summed E-state index contributed by atoms with van der Waals surface area (Å²) in [6.07, 6.45) is -0.164. The number of halogens is 4. The fourth-order valence-corrected chi connectivity index (χ4v) is 6.20. The summed E-state index contributed by atoms with van der Waals surface area (Å²) in [7, 11) is -2.67. The van der Waals surface area contributed by atoms with E-state index in [1.165, 1.54) is 18.5 Å². The standard InChI is InChI=1S/C23H24F4N6O3S/c1-32-18(2-7-30-32)19-10-14(23(25,26)27)4-8-33(19)17-5-9-36-20-12-21(16(24)11-15(17)20)37(34,35)31-22-3-6-28-13-29-22/h2-3,6-7,11-14,17,19H,4-5,8-10H2,1H3,(H,28,29,31)/t14-,17-,19+/m0/s1. The van der Waals surface area contributed by atoms with Crippen molar-refractivity contribution in [1.29, 1.82) is 0 Å². The highest BCUT2D eigenvalue weighted by Crippen LogP contribution is 2.48. The summed E-state index contributed by atoms with van der Waals surface area (Å²) in [5, 5.41) is 4.13. The quantitative estimate of drug-likeness (QED) is 0.489. The zero-order valence-corrected chi connectivity index (χ0v) is 20.5. The lowest BCUT2D eigenvalue weighted by Crippen LogP contribution is -2.44. The van der Waals surface area contributed by atoms with E-state index >= 15 is 4.39 Å². The van der Waals surface area contributed by atoms with Crippen molar-refractivity contribution in [2.75, 3.05) is 17.9 Å².